The molecule has 3 aromatic carbocycles. The lowest BCUT2D eigenvalue weighted by Crippen LogP contribution is -2.11. The van der Waals surface area contributed by atoms with E-state index in [4.69, 9.17) is 0 Å². The van der Waals surface area contributed by atoms with Crippen molar-refractivity contribution in [2.24, 2.45) is 0 Å². The smallest absolute Gasteiger partial charge is 0.255 e. The van der Waals surface area contributed by atoms with Crippen molar-refractivity contribution < 1.29 is 4.79 Å². The van der Waals surface area contributed by atoms with E-state index in [1.807, 2.05) is 85.1 Å². The molecule has 0 atom stereocenters. The number of amides is 1. The molecule has 0 aliphatic carbocycles. The molecule has 0 aliphatic rings. The Labute approximate surface area is 178 Å². The van der Waals surface area contributed by atoms with Crippen LogP contribution in [0.4, 0.5) is 17.2 Å². The van der Waals surface area contributed by atoms with Gasteiger partial charge in [0.2, 0.25) is 0 Å². The number of rotatable bonds is 5. The van der Waals surface area contributed by atoms with Crippen molar-refractivity contribution in [2.75, 3.05) is 10.6 Å². The summed E-state index contributed by atoms with van der Waals surface area (Å²) < 4.78 is 1.66. The molecule has 0 unspecified atom stereocenters. The Balaban J connectivity index is 1.27. The Morgan fingerprint density at radius 2 is 1.61 bits per heavy atom. The van der Waals surface area contributed by atoms with E-state index >= 15 is 0 Å². The van der Waals surface area contributed by atoms with Crippen LogP contribution >= 0.6 is 0 Å². The number of hydrogen-bond acceptors (Lipinski definition) is 5. The molecule has 5 aromatic rings. The number of benzene rings is 3. The quantitative estimate of drug-likeness (QED) is 0.437. The van der Waals surface area contributed by atoms with E-state index in [1.165, 1.54) is 6.33 Å². The summed E-state index contributed by atoms with van der Waals surface area (Å²) in [4.78, 5) is 21.1. The highest BCUT2D eigenvalue weighted by atomic mass is 16.1. The molecule has 1 amide bonds. The number of hydrogen-bond donors (Lipinski definition) is 2. The van der Waals surface area contributed by atoms with Crippen LogP contribution in [0.1, 0.15) is 10.4 Å². The normalized spacial score (nSPS) is 10.7. The molecule has 2 heterocycles. The van der Waals surface area contributed by atoms with E-state index in [1.54, 1.807) is 10.9 Å². The third-order valence-electron chi connectivity index (χ3n) is 4.82. The Bertz CT molecular complexity index is 1350. The van der Waals surface area contributed by atoms with Crippen molar-refractivity contribution in [2.45, 2.75) is 0 Å². The molecule has 5 rings (SSSR count). The fourth-order valence-electron chi connectivity index (χ4n) is 3.26. The minimum absolute atomic E-state index is 0.147. The first-order valence-corrected chi connectivity index (χ1v) is 9.74. The van der Waals surface area contributed by atoms with Gasteiger partial charge in [-0.05, 0) is 53.2 Å². The third-order valence-corrected chi connectivity index (χ3v) is 4.82. The lowest BCUT2D eigenvalue weighted by Gasteiger charge is -2.09. The van der Waals surface area contributed by atoms with Crippen molar-refractivity contribution in [1.29, 1.82) is 0 Å². The van der Waals surface area contributed by atoms with Gasteiger partial charge in [0.15, 0.2) is 5.82 Å². The molecule has 0 saturated heterocycles. The van der Waals surface area contributed by atoms with Gasteiger partial charge in [0.25, 0.3) is 5.91 Å². The number of anilines is 3. The zero-order valence-electron chi connectivity index (χ0n) is 16.4. The summed E-state index contributed by atoms with van der Waals surface area (Å²) >= 11 is 0. The summed E-state index contributed by atoms with van der Waals surface area (Å²) in [5.41, 5.74) is 2.17. The topological polar surface area (TPSA) is 84.7 Å². The Morgan fingerprint density at radius 3 is 2.42 bits per heavy atom. The first-order chi connectivity index (χ1) is 15.2. The van der Waals surface area contributed by atoms with Crippen LogP contribution in [0.2, 0.25) is 0 Å². The van der Waals surface area contributed by atoms with Crippen LogP contribution in [0.3, 0.4) is 0 Å². The van der Waals surface area contributed by atoms with Gasteiger partial charge in [-0.25, -0.2) is 14.6 Å². The standard InChI is InChI=1S/C24H18N6O/c31-24(19-7-6-17-4-1-2-5-18(17)14-19)29-21-10-8-20(9-11-21)28-22-15-23(26-16-25-22)30-13-3-12-27-30/h1-16H,(H,29,31)(H,25,26,28). The Hall–Kier alpha value is -4.52. The van der Waals surface area contributed by atoms with E-state index in [0.717, 1.165) is 16.5 Å². The molecule has 7 nitrogen and oxygen atoms in total. The van der Waals surface area contributed by atoms with Crippen LogP contribution in [0.15, 0.2) is 97.6 Å². The summed E-state index contributed by atoms with van der Waals surface area (Å²) in [6.07, 6.45) is 5.00. The van der Waals surface area contributed by atoms with Gasteiger partial charge in [0, 0.05) is 35.4 Å². The molecule has 150 valence electrons. The molecule has 0 bridgehead atoms. The molecule has 0 fully saturated rings. The van der Waals surface area contributed by atoms with Crippen molar-refractivity contribution in [3.8, 4) is 5.82 Å². The molecule has 0 saturated carbocycles. The van der Waals surface area contributed by atoms with E-state index in [0.29, 0.717) is 22.9 Å². The van der Waals surface area contributed by atoms with Crippen molar-refractivity contribution >= 4 is 33.9 Å². The van der Waals surface area contributed by atoms with Gasteiger partial charge >= 0.3 is 0 Å². The SMILES string of the molecule is O=C(Nc1ccc(Nc2cc(-n3cccn3)ncn2)cc1)c1ccc2ccccc2c1. The average Bonchev–Trinajstić information content (AvgIpc) is 3.35. The minimum atomic E-state index is -0.147. The second-order valence-electron chi connectivity index (χ2n) is 6.93. The van der Waals surface area contributed by atoms with E-state index in [-0.39, 0.29) is 5.91 Å². The van der Waals surface area contributed by atoms with Crippen molar-refractivity contribution in [1.82, 2.24) is 19.7 Å². The van der Waals surface area contributed by atoms with Crippen LogP contribution in [0.25, 0.3) is 16.6 Å². The highest BCUT2D eigenvalue weighted by molar-refractivity contribution is 6.06. The maximum atomic E-state index is 12.6. The van der Waals surface area contributed by atoms with Crippen molar-refractivity contribution in [3.63, 3.8) is 0 Å². The monoisotopic (exact) mass is 406 g/mol. The number of aromatic nitrogens is 4. The van der Waals surface area contributed by atoms with Crippen LogP contribution < -0.4 is 10.6 Å². The summed E-state index contributed by atoms with van der Waals surface area (Å²) in [5, 5.41) is 12.5. The van der Waals surface area contributed by atoms with E-state index in [2.05, 4.69) is 25.7 Å². The van der Waals surface area contributed by atoms with Crippen LogP contribution in [-0.4, -0.2) is 25.7 Å². The zero-order valence-corrected chi connectivity index (χ0v) is 16.4. The van der Waals surface area contributed by atoms with Gasteiger partial charge in [-0.15, -0.1) is 0 Å². The predicted octanol–water partition coefficient (Wildman–Crippen LogP) is 4.81. The molecule has 0 radical (unpaired) electrons. The minimum Gasteiger partial charge on any atom is -0.340 e. The Kier molecular flexibility index (Phi) is 4.82. The molecule has 2 N–H and O–H groups in total. The van der Waals surface area contributed by atoms with Gasteiger partial charge in [-0.3, -0.25) is 4.79 Å². The van der Waals surface area contributed by atoms with E-state index in [9.17, 15) is 4.79 Å². The number of fused-ring (bicyclic) bond motifs is 1. The second kappa shape index (κ2) is 8.08. The van der Waals surface area contributed by atoms with Gasteiger partial charge in [0.05, 0.1) is 0 Å². The molecule has 31 heavy (non-hydrogen) atoms. The predicted molar refractivity (Wildman–Crippen MR) is 121 cm³/mol. The summed E-state index contributed by atoms with van der Waals surface area (Å²) in [5.74, 6) is 1.17. The van der Waals surface area contributed by atoms with Gasteiger partial charge in [0.1, 0.15) is 12.1 Å². The first-order valence-electron chi connectivity index (χ1n) is 9.74. The van der Waals surface area contributed by atoms with Gasteiger partial charge < -0.3 is 10.6 Å². The lowest BCUT2D eigenvalue weighted by molar-refractivity contribution is 0.102. The fraction of sp³-hybridized carbons (Fsp3) is 0. The van der Waals surface area contributed by atoms with Crippen LogP contribution in [-0.2, 0) is 0 Å². The van der Waals surface area contributed by atoms with Crippen LogP contribution in [0, 0.1) is 0 Å². The van der Waals surface area contributed by atoms with Gasteiger partial charge in [-0.1, -0.05) is 30.3 Å². The molecular weight excluding hydrogens is 388 g/mol. The fourth-order valence-corrected chi connectivity index (χ4v) is 3.26. The van der Waals surface area contributed by atoms with E-state index < -0.39 is 0 Å². The summed E-state index contributed by atoms with van der Waals surface area (Å²) in [6, 6.07) is 24.7. The maximum Gasteiger partial charge on any atom is 0.255 e. The van der Waals surface area contributed by atoms with Crippen molar-refractivity contribution in [3.05, 3.63) is 103 Å². The molecular formula is C24H18N6O. The number of carbonyl (C=O) groups is 1. The zero-order chi connectivity index (χ0) is 21.0. The summed E-state index contributed by atoms with van der Waals surface area (Å²) in [7, 11) is 0. The number of nitrogens with zero attached hydrogens (tertiary/aromatic N) is 4. The lowest BCUT2D eigenvalue weighted by atomic mass is 10.1. The number of nitrogens with one attached hydrogen (secondary N) is 2. The maximum absolute atomic E-state index is 12.6. The molecule has 7 heteroatoms. The van der Waals surface area contributed by atoms with Gasteiger partial charge in [-0.2, -0.15) is 5.10 Å². The summed E-state index contributed by atoms with van der Waals surface area (Å²) in [6.45, 7) is 0. The molecule has 0 aliphatic heterocycles. The highest BCUT2D eigenvalue weighted by Crippen LogP contribution is 2.20. The van der Waals surface area contributed by atoms with Crippen LogP contribution in [0.5, 0.6) is 0 Å². The molecule has 2 aromatic heterocycles. The Morgan fingerprint density at radius 1 is 0.806 bits per heavy atom. The second-order valence-corrected chi connectivity index (χ2v) is 6.93. The third kappa shape index (κ3) is 4.11. The first kappa shape index (κ1) is 18.5. The largest absolute Gasteiger partial charge is 0.340 e. The number of carbonyl (C=O) groups excluding carboxylic acids is 1. The highest BCUT2D eigenvalue weighted by Gasteiger charge is 2.07. The average molecular weight is 406 g/mol. The molecule has 0 spiro atoms.